The highest BCUT2D eigenvalue weighted by molar-refractivity contribution is 6.07. The molecule has 0 aliphatic rings. The fourth-order valence-electron chi connectivity index (χ4n) is 3.01. The summed E-state index contributed by atoms with van der Waals surface area (Å²) in [7, 11) is 1.82. The number of carbonyl (C=O) groups excluding carboxylic acids is 1. The molecular formula is C18H19N7O2. The summed E-state index contributed by atoms with van der Waals surface area (Å²) in [6, 6.07) is 3.49. The van der Waals surface area contributed by atoms with Gasteiger partial charge in [0.25, 0.3) is 11.6 Å². The first-order valence-electron chi connectivity index (χ1n) is 8.55. The fourth-order valence-corrected chi connectivity index (χ4v) is 3.01. The van der Waals surface area contributed by atoms with Crippen LogP contribution >= 0.6 is 0 Å². The molecule has 4 aromatic heterocycles. The zero-order chi connectivity index (χ0) is 19.0. The average Bonchev–Trinajstić information content (AvgIpc) is 3.36. The molecule has 0 aromatic carbocycles. The van der Waals surface area contributed by atoms with Gasteiger partial charge in [-0.1, -0.05) is 5.16 Å². The summed E-state index contributed by atoms with van der Waals surface area (Å²) in [5, 5.41) is 15.9. The van der Waals surface area contributed by atoms with Crippen molar-refractivity contribution in [1.29, 1.82) is 0 Å². The maximum atomic E-state index is 13.0. The van der Waals surface area contributed by atoms with Gasteiger partial charge in [-0.05, 0) is 26.0 Å². The van der Waals surface area contributed by atoms with Gasteiger partial charge in [0.15, 0.2) is 0 Å². The summed E-state index contributed by atoms with van der Waals surface area (Å²) < 4.78 is 8.77. The topological polar surface area (TPSA) is 104 Å². The molecule has 0 bridgehead atoms. The smallest absolute Gasteiger partial charge is 0.259 e. The van der Waals surface area contributed by atoms with Crippen molar-refractivity contribution in [2.45, 2.75) is 26.4 Å². The Hall–Kier alpha value is -3.49. The van der Waals surface area contributed by atoms with Crippen LogP contribution in [0, 0.1) is 6.92 Å². The third-order valence-corrected chi connectivity index (χ3v) is 4.26. The zero-order valence-electron chi connectivity index (χ0n) is 15.2. The van der Waals surface area contributed by atoms with Gasteiger partial charge in [-0.15, -0.1) is 0 Å². The van der Waals surface area contributed by atoms with Gasteiger partial charge in [-0.3, -0.25) is 14.2 Å². The lowest BCUT2D eigenvalue weighted by molar-refractivity contribution is 0.0937. The Morgan fingerprint density at radius 1 is 1.37 bits per heavy atom. The van der Waals surface area contributed by atoms with Crippen molar-refractivity contribution in [2.24, 2.45) is 7.05 Å². The van der Waals surface area contributed by atoms with Crippen molar-refractivity contribution in [3.05, 3.63) is 48.2 Å². The van der Waals surface area contributed by atoms with Crippen LogP contribution in [0.4, 0.5) is 0 Å². The third kappa shape index (κ3) is 3.31. The molecule has 4 aromatic rings. The van der Waals surface area contributed by atoms with Crippen molar-refractivity contribution in [3.8, 4) is 11.3 Å². The predicted molar refractivity (Wildman–Crippen MR) is 97.9 cm³/mol. The Bertz CT molecular complexity index is 1090. The van der Waals surface area contributed by atoms with E-state index in [0.717, 1.165) is 5.56 Å². The van der Waals surface area contributed by atoms with Gasteiger partial charge in [0.05, 0.1) is 35.1 Å². The minimum absolute atomic E-state index is 0.109. The third-order valence-electron chi connectivity index (χ3n) is 4.26. The van der Waals surface area contributed by atoms with Crippen LogP contribution in [-0.4, -0.2) is 41.7 Å². The van der Waals surface area contributed by atoms with Crippen LogP contribution < -0.4 is 5.32 Å². The first-order chi connectivity index (χ1) is 13.0. The highest BCUT2D eigenvalue weighted by Crippen LogP contribution is 2.26. The number of aromatic nitrogens is 6. The second-order valence-electron chi connectivity index (χ2n) is 6.51. The maximum Gasteiger partial charge on any atom is 0.259 e. The molecule has 4 heterocycles. The number of hydrogen-bond donors (Lipinski definition) is 1. The summed E-state index contributed by atoms with van der Waals surface area (Å²) >= 11 is 0. The van der Waals surface area contributed by atoms with E-state index in [1.807, 2.05) is 32.4 Å². The molecule has 0 aliphatic carbocycles. The summed E-state index contributed by atoms with van der Waals surface area (Å²) in [6.45, 7) is 4.30. The van der Waals surface area contributed by atoms with Crippen molar-refractivity contribution in [1.82, 2.24) is 35.0 Å². The van der Waals surface area contributed by atoms with E-state index >= 15 is 0 Å². The van der Waals surface area contributed by atoms with Crippen molar-refractivity contribution in [3.63, 3.8) is 0 Å². The van der Waals surface area contributed by atoms with Gasteiger partial charge in [0.1, 0.15) is 0 Å². The number of fused-ring (bicyclic) bond motifs is 1. The van der Waals surface area contributed by atoms with Crippen LogP contribution in [0.5, 0.6) is 0 Å². The Kier molecular flexibility index (Phi) is 4.19. The van der Waals surface area contributed by atoms with Crippen LogP contribution in [0.25, 0.3) is 22.4 Å². The lowest BCUT2D eigenvalue weighted by Gasteiger charge is -2.14. The molecule has 0 radical (unpaired) electrons. The summed E-state index contributed by atoms with van der Waals surface area (Å²) in [5.74, 6) is -0.210. The molecular weight excluding hydrogens is 346 g/mol. The molecule has 1 unspecified atom stereocenters. The van der Waals surface area contributed by atoms with Gasteiger partial charge in [-0.2, -0.15) is 10.2 Å². The zero-order valence-corrected chi connectivity index (χ0v) is 15.2. The van der Waals surface area contributed by atoms with Gasteiger partial charge >= 0.3 is 0 Å². The van der Waals surface area contributed by atoms with Crippen molar-refractivity contribution in [2.75, 3.05) is 0 Å². The number of pyridine rings is 1. The van der Waals surface area contributed by atoms with Crippen LogP contribution in [0.3, 0.4) is 0 Å². The second-order valence-corrected chi connectivity index (χ2v) is 6.51. The molecule has 138 valence electrons. The van der Waals surface area contributed by atoms with Crippen molar-refractivity contribution < 1.29 is 9.32 Å². The van der Waals surface area contributed by atoms with Crippen LogP contribution in [0.15, 0.2) is 41.4 Å². The van der Waals surface area contributed by atoms with Gasteiger partial charge in [0, 0.05) is 37.2 Å². The number of nitrogens with zero attached hydrogens (tertiary/aromatic N) is 6. The van der Waals surface area contributed by atoms with E-state index < -0.39 is 0 Å². The maximum absolute atomic E-state index is 13.0. The number of aryl methyl sites for hydroxylation is 2. The minimum Gasteiger partial charge on any atom is -0.348 e. The fraction of sp³-hybridized carbons (Fsp3) is 0.278. The SMILES string of the molecule is Cc1noc2nc(-c3cnn(C)c3)cc(C(=O)NC(C)Cn3cccn3)c12. The lowest BCUT2D eigenvalue weighted by Crippen LogP contribution is -2.36. The molecule has 1 amide bonds. The highest BCUT2D eigenvalue weighted by atomic mass is 16.5. The van der Waals surface area contributed by atoms with Gasteiger partial charge in [0.2, 0.25) is 0 Å². The van der Waals surface area contributed by atoms with Crippen LogP contribution in [0.2, 0.25) is 0 Å². The van der Waals surface area contributed by atoms with E-state index in [4.69, 9.17) is 4.52 Å². The van der Waals surface area contributed by atoms with E-state index in [9.17, 15) is 4.79 Å². The first kappa shape index (κ1) is 17.0. The van der Waals surface area contributed by atoms with Crippen LogP contribution in [-0.2, 0) is 13.6 Å². The molecule has 27 heavy (non-hydrogen) atoms. The molecule has 1 N–H and O–H groups in total. The molecule has 0 saturated carbocycles. The Morgan fingerprint density at radius 3 is 2.93 bits per heavy atom. The largest absolute Gasteiger partial charge is 0.348 e. The summed E-state index contributed by atoms with van der Waals surface area (Å²) in [5.41, 5.74) is 2.84. The first-order valence-corrected chi connectivity index (χ1v) is 8.55. The van der Waals surface area contributed by atoms with E-state index in [2.05, 4.69) is 25.7 Å². The average molecular weight is 365 g/mol. The number of hydrogen-bond acceptors (Lipinski definition) is 6. The molecule has 9 nitrogen and oxygen atoms in total. The highest BCUT2D eigenvalue weighted by Gasteiger charge is 2.21. The number of carbonyl (C=O) groups is 1. The minimum atomic E-state index is -0.210. The van der Waals surface area contributed by atoms with E-state index in [-0.39, 0.29) is 11.9 Å². The quantitative estimate of drug-likeness (QED) is 0.580. The Morgan fingerprint density at radius 2 is 2.22 bits per heavy atom. The molecule has 1 atom stereocenters. The summed E-state index contributed by atoms with van der Waals surface area (Å²) in [4.78, 5) is 17.5. The van der Waals surface area contributed by atoms with E-state index in [1.54, 1.807) is 34.7 Å². The summed E-state index contributed by atoms with van der Waals surface area (Å²) in [6.07, 6.45) is 7.10. The van der Waals surface area contributed by atoms with E-state index in [1.165, 1.54) is 0 Å². The number of rotatable bonds is 5. The Balaban J connectivity index is 1.68. The molecule has 0 fully saturated rings. The van der Waals surface area contributed by atoms with Crippen molar-refractivity contribution >= 4 is 17.0 Å². The predicted octanol–water partition coefficient (Wildman–Crippen LogP) is 1.95. The number of amides is 1. The normalized spacial score (nSPS) is 12.4. The standard InChI is InChI=1S/C18H19N7O2/c1-11(9-25-6-4-5-19-25)21-17(26)14-7-15(13-8-20-24(3)10-13)22-18-16(14)12(2)23-27-18/h4-8,10-11H,9H2,1-3H3,(H,21,26). The second kappa shape index (κ2) is 6.67. The molecule has 0 saturated heterocycles. The van der Waals surface area contributed by atoms with Gasteiger partial charge < -0.3 is 9.84 Å². The monoisotopic (exact) mass is 365 g/mol. The molecule has 0 aliphatic heterocycles. The lowest BCUT2D eigenvalue weighted by atomic mass is 10.1. The van der Waals surface area contributed by atoms with Gasteiger partial charge in [-0.25, -0.2) is 4.98 Å². The number of nitrogens with one attached hydrogen (secondary N) is 1. The Labute approximate surface area is 155 Å². The molecule has 4 rings (SSSR count). The molecule has 9 heteroatoms. The van der Waals surface area contributed by atoms with Crippen LogP contribution in [0.1, 0.15) is 23.0 Å². The molecule has 0 spiro atoms. The van der Waals surface area contributed by atoms with E-state index in [0.29, 0.717) is 34.6 Å².